The lowest BCUT2D eigenvalue weighted by Crippen LogP contribution is -2.32. The molecule has 7 aromatic rings. The molecule has 1 aromatic heterocycles. The number of nitrogens with zero attached hydrogens (tertiary/aromatic N) is 1. The number of allylic oxidation sites excluding steroid dienone is 4. The molecule has 9 rings (SSSR count). The fourth-order valence-electron chi connectivity index (χ4n) is 7.04. The van der Waals surface area contributed by atoms with Crippen molar-refractivity contribution in [2.24, 2.45) is 0 Å². The standard InChI is InChI=1S/C47H33NO/c1-4-10-33(11-5-1)35-20-25-42(26-21-35)48(41-14-8-3-9-15-41)43-27-22-38(30-43)36-16-18-37(19-17-36)40-24-29-47-45(32-40)44-31-39(23-28-46(44)49-47)34-12-6-2-7-13-34/h1-25,27-29,31-32,42H,26H2. The zero-order valence-electron chi connectivity index (χ0n) is 27.0. The van der Waals surface area contributed by atoms with E-state index in [1.165, 1.54) is 33.4 Å². The van der Waals surface area contributed by atoms with Gasteiger partial charge in [-0.3, -0.25) is 0 Å². The summed E-state index contributed by atoms with van der Waals surface area (Å²) in [5.41, 5.74) is 17.3. The topological polar surface area (TPSA) is 16.4 Å². The van der Waals surface area contributed by atoms with Gasteiger partial charge in [0.2, 0.25) is 0 Å². The van der Waals surface area contributed by atoms with Crippen LogP contribution in [0.15, 0.2) is 198 Å². The minimum absolute atomic E-state index is 0.196. The van der Waals surface area contributed by atoms with Crippen LogP contribution < -0.4 is 4.90 Å². The first kappa shape index (κ1) is 28.8. The predicted octanol–water partition coefficient (Wildman–Crippen LogP) is 12.3. The Morgan fingerprint density at radius 3 is 1.67 bits per heavy atom. The Labute approximate surface area is 286 Å². The molecule has 0 saturated carbocycles. The number of para-hydroxylation sites is 1. The summed E-state index contributed by atoms with van der Waals surface area (Å²) in [5, 5.41) is 2.27. The van der Waals surface area contributed by atoms with Gasteiger partial charge >= 0.3 is 0 Å². The molecule has 0 saturated heterocycles. The molecule has 0 bridgehead atoms. The summed E-state index contributed by atoms with van der Waals surface area (Å²) in [4.78, 5) is 2.40. The molecule has 0 spiro atoms. The maximum absolute atomic E-state index is 6.22. The second-order valence-electron chi connectivity index (χ2n) is 12.6. The molecular formula is C47H33NO. The van der Waals surface area contributed by atoms with E-state index >= 15 is 0 Å². The van der Waals surface area contributed by atoms with Crippen LogP contribution in [0.1, 0.15) is 17.5 Å². The van der Waals surface area contributed by atoms with Gasteiger partial charge in [0.25, 0.3) is 0 Å². The molecule has 2 aliphatic rings. The lowest BCUT2D eigenvalue weighted by atomic mass is 9.96. The number of benzene rings is 6. The minimum atomic E-state index is 0.196. The zero-order chi connectivity index (χ0) is 32.6. The molecule has 49 heavy (non-hydrogen) atoms. The van der Waals surface area contributed by atoms with Crippen molar-refractivity contribution in [2.75, 3.05) is 4.90 Å². The molecule has 1 heterocycles. The third-order valence-electron chi connectivity index (χ3n) is 9.59. The van der Waals surface area contributed by atoms with E-state index in [4.69, 9.17) is 4.42 Å². The van der Waals surface area contributed by atoms with Gasteiger partial charge in [-0.05, 0) is 93.9 Å². The van der Waals surface area contributed by atoms with Gasteiger partial charge < -0.3 is 9.32 Å². The van der Waals surface area contributed by atoms with Gasteiger partial charge in [0.05, 0.1) is 11.7 Å². The van der Waals surface area contributed by atoms with E-state index in [0.717, 1.165) is 50.9 Å². The normalized spacial score (nSPS) is 15.3. The summed E-state index contributed by atoms with van der Waals surface area (Å²) < 4.78 is 6.22. The van der Waals surface area contributed by atoms with Crippen molar-refractivity contribution in [1.29, 1.82) is 0 Å². The predicted molar refractivity (Wildman–Crippen MR) is 205 cm³/mol. The Balaban J connectivity index is 1.02. The molecule has 2 nitrogen and oxygen atoms in total. The summed E-state index contributed by atoms with van der Waals surface area (Å²) in [5.74, 6) is 0. The van der Waals surface area contributed by atoms with Crippen molar-refractivity contribution in [3.05, 3.63) is 205 Å². The van der Waals surface area contributed by atoms with Crippen molar-refractivity contribution in [2.45, 2.75) is 12.5 Å². The smallest absolute Gasteiger partial charge is 0.135 e. The summed E-state index contributed by atoms with van der Waals surface area (Å²) in [6, 6.07) is 53.7. The van der Waals surface area contributed by atoms with Gasteiger partial charge in [0.1, 0.15) is 11.2 Å². The first-order valence-electron chi connectivity index (χ1n) is 16.9. The highest BCUT2D eigenvalue weighted by atomic mass is 16.3. The molecule has 0 fully saturated rings. The molecule has 0 radical (unpaired) electrons. The number of hydrogen-bond acceptors (Lipinski definition) is 2. The summed E-state index contributed by atoms with van der Waals surface area (Å²) in [7, 11) is 0. The van der Waals surface area contributed by atoms with E-state index in [1.54, 1.807) is 0 Å². The number of furan rings is 1. The molecule has 2 heteroatoms. The van der Waals surface area contributed by atoms with Crippen LogP contribution >= 0.6 is 0 Å². The van der Waals surface area contributed by atoms with E-state index in [-0.39, 0.29) is 6.04 Å². The van der Waals surface area contributed by atoms with Gasteiger partial charge in [0.15, 0.2) is 0 Å². The molecule has 0 aliphatic heterocycles. The second kappa shape index (κ2) is 12.4. The Morgan fingerprint density at radius 1 is 0.510 bits per heavy atom. The summed E-state index contributed by atoms with van der Waals surface area (Å²) >= 11 is 0. The van der Waals surface area contributed by atoms with Crippen LogP contribution in [0.2, 0.25) is 0 Å². The molecule has 2 aliphatic carbocycles. The second-order valence-corrected chi connectivity index (χ2v) is 12.6. The number of rotatable bonds is 7. The van der Waals surface area contributed by atoms with Crippen molar-refractivity contribution in [3.63, 3.8) is 0 Å². The van der Waals surface area contributed by atoms with Crippen molar-refractivity contribution < 1.29 is 4.42 Å². The molecule has 1 unspecified atom stereocenters. The highest BCUT2D eigenvalue weighted by molar-refractivity contribution is 6.07. The third kappa shape index (κ3) is 5.55. The van der Waals surface area contributed by atoms with Crippen LogP contribution in [0, 0.1) is 0 Å². The maximum Gasteiger partial charge on any atom is 0.135 e. The van der Waals surface area contributed by atoms with Crippen LogP contribution in [0.3, 0.4) is 0 Å². The Bertz CT molecular complexity index is 2470. The molecule has 232 valence electrons. The van der Waals surface area contributed by atoms with Gasteiger partial charge in [-0.25, -0.2) is 0 Å². The molecule has 0 amide bonds. The number of fused-ring (bicyclic) bond motifs is 3. The Kier molecular flexibility index (Phi) is 7.27. The van der Waals surface area contributed by atoms with Crippen LogP contribution in [-0.4, -0.2) is 6.04 Å². The lowest BCUT2D eigenvalue weighted by Gasteiger charge is -2.32. The highest BCUT2D eigenvalue weighted by Crippen LogP contribution is 2.36. The van der Waals surface area contributed by atoms with Crippen LogP contribution in [0.4, 0.5) is 5.69 Å². The summed E-state index contributed by atoms with van der Waals surface area (Å²) in [6.45, 7) is 0. The largest absolute Gasteiger partial charge is 0.456 e. The molecule has 1 atom stereocenters. The highest BCUT2D eigenvalue weighted by Gasteiger charge is 2.23. The minimum Gasteiger partial charge on any atom is -0.456 e. The van der Waals surface area contributed by atoms with Crippen molar-refractivity contribution >= 4 is 38.8 Å². The zero-order valence-corrected chi connectivity index (χ0v) is 27.0. The summed E-state index contributed by atoms with van der Waals surface area (Å²) in [6.07, 6.45) is 12.2. The van der Waals surface area contributed by atoms with Crippen LogP contribution in [0.5, 0.6) is 0 Å². The molecule has 0 N–H and O–H groups in total. The molecule has 6 aromatic carbocycles. The first-order chi connectivity index (χ1) is 24.3. The van der Waals surface area contributed by atoms with Gasteiger partial charge in [-0.2, -0.15) is 0 Å². The van der Waals surface area contributed by atoms with Crippen LogP contribution in [-0.2, 0) is 0 Å². The third-order valence-corrected chi connectivity index (χ3v) is 9.59. The van der Waals surface area contributed by atoms with Crippen LogP contribution in [0.25, 0.3) is 55.3 Å². The van der Waals surface area contributed by atoms with E-state index in [9.17, 15) is 0 Å². The van der Waals surface area contributed by atoms with E-state index in [1.807, 2.05) is 0 Å². The van der Waals surface area contributed by atoms with Gasteiger partial charge in [-0.15, -0.1) is 0 Å². The quantitative estimate of drug-likeness (QED) is 0.164. The van der Waals surface area contributed by atoms with E-state index in [0.29, 0.717) is 0 Å². The fraction of sp³-hybridized carbons (Fsp3) is 0.0426. The van der Waals surface area contributed by atoms with Crippen molar-refractivity contribution in [3.8, 4) is 22.3 Å². The van der Waals surface area contributed by atoms with Gasteiger partial charge in [0, 0.05) is 22.0 Å². The molecular weight excluding hydrogens is 595 g/mol. The average Bonchev–Trinajstić information content (AvgIpc) is 3.81. The Hall–Kier alpha value is -6.34. The average molecular weight is 628 g/mol. The Morgan fingerprint density at radius 2 is 1.06 bits per heavy atom. The monoisotopic (exact) mass is 627 g/mol. The van der Waals surface area contributed by atoms with Gasteiger partial charge in [-0.1, -0.05) is 139 Å². The first-order valence-corrected chi connectivity index (χ1v) is 16.9. The van der Waals surface area contributed by atoms with E-state index in [2.05, 4.69) is 193 Å². The maximum atomic E-state index is 6.22. The fourth-order valence-corrected chi connectivity index (χ4v) is 7.04. The number of anilines is 1. The lowest BCUT2D eigenvalue weighted by molar-refractivity contribution is 0.669. The SMILES string of the molecule is C1=C(c2ccc(-c3ccc4oc5ccc(-c6ccccc6)cc5c4c3)cc2)C=CC=1N(c1ccccc1)C1C=CC(c2ccccc2)=CC1. The van der Waals surface area contributed by atoms with Crippen molar-refractivity contribution in [1.82, 2.24) is 0 Å². The number of hydrogen-bond donors (Lipinski definition) is 0. The van der Waals surface area contributed by atoms with E-state index < -0.39 is 0 Å².